The van der Waals surface area contributed by atoms with E-state index in [0.717, 1.165) is 6.07 Å². The van der Waals surface area contributed by atoms with Crippen molar-refractivity contribution in [2.45, 2.75) is 46.6 Å². The number of benzene rings is 1. The van der Waals surface area contributed by atoms with E-state index in [0.29, 0.717) is 6.42 Å². The van der Waals surface area contributed by atoms with Crippen LogP contribution in [0.5, 0.6) is 0 Å². The number of nitrogens with one attached hydrogen (secondary N) is 2. The lowest BCUT2D eigenvalue weighted by Gasteiger charge is -2.27. The van der Waals surface area contributed by atoms with E-state index < -0.39 is 17.3 Å². The molecule has 3 N–H and O–H groups in total. The van der Waals surface area contributed by atoms with Crippen molar-refractivity contribution >= 4 is 17.5 Å². The Balaban J connectivity index is 2.73. The first-order valence-electron chi connectivity index (χ1n) is 8.13. The predicted octanol–water partition coefficient (Wildman–Crippen LogP) is 2.95. The van der Waals surface area contributed by atoms with Gasteiger partial charge in [-0.25, -0.2) is 4.39 Å². The highest BCUT2D eigenvalue weighted by Gasteiger charge is 2.25. The second-order valence-electron chi connectivity index (χ2n) is 7.04. The molecule has 0 saturated carbocycles. The molecule has 0 radical (unpaired) electrons. The Morgan fingerprint density at radius 1 is 1.25 bits per heavy atom. The highest BCUT2D eigenvalue weighted by molar-refractivity contribution is 5.96. The number of amides is 2. The van der Waals surface area contributed by atoms with Gasteiger partial charge < -0.3 is 15.7 Å². The molecule has 0 aliphatic carbocycles. The maximum Gasteiger partial charge on any atom is 0.251 e. The summed E-state index contributed by atoms with van der Waals surface area (Å²) < 4.78 is 14.1. The van der Waals surface area contributed by atoms with E-state index in [1.807, 2.05) is 27.7 Å². The lowest BCUT2D eigenvalue weighted by atomic mass is 9.92. The molecule has 0 fully saturated rings. The molecule has 1 atom stereocenters. The van der Waals surface area contributed by atoms with Crippen LogP contribution in [0.15, 0.2) is 18.2 Å². The first-order chi connectivity index (χ1) is 11.0. The minimum Gasteiger partial charge on any atom is -0.388 e. The predicted molar refractivity (Wildman–Crippen MR) is 92.3 cm³/mol. The van der Waals surface area contributed by atoms with Crippen molar-refractivity contribution in [3.05, 3.63) is 29.6 Å². The Hall–Kier alpha value is -1.95. The Morgan fingerprint density at radius 2 is 1.88 bits per heavy atom. The number of carbonyl (C=O) groups excluding carboxylic acids is 2. The zero-order valence-corrected chi connectivity index (χ0v) is 14.9. The van der Waals surface area contributed by atoms with Crippen molar-refractivity contribution in [3.63, 3.8) is 0 Å². The van der Waals surface area contributed by atoms with E-state index >= 15 is 0 Å². The zero-order valence-electron chi connectivity index (χ0n) is 14.9. The van der Waals surface area contributed by atoms with E-state index in [4.69, 9.17) is 0 Å². The normalized spacial score (nSPS) is 13.7. The van der Waals surface area contributed by atoms with Crippen molar-refractivity contribution in [3.8, 4) is 0 Å². The average Bonchev–Trinajstić information content (AvgIpc) is 2.46. The highest BCUT2D eigenvalue weighted by Crippen LogP contribution is 2.18. The lowest BCUT2D eigenvalue weighted by Crippen LogP contribution is -2.44. The molecule has 0 heterocycles. The molecule has 2 amide bonds. The van der Waals surface area contributed by atoms with Gasteiger partial charge in [0.1, 0.15) is 5.82 Å². The summed E-state index contributed by atoms with van der Waals surface area (Å²) in [5, 5.41) is 15.2. The van der Waals surface area contributed by atoms with Crippen molar-refractivity contribution in [1.29, 1.82) is 0 Å². The first kappa shape index (κ1) is 20.1. The van der Waals surface area contributed by atoms with E-state index in [2.05, 4.69) is 10.6 Å². The molecule has 1 unspecified atom stereocenters. The van der Waals surface area contributed by atoms with Gasteiger partial charge in [-0.1, -0.05) is 27.7 Å². The van der Waals surface area contributed by atoms with E-state index in [9.17, 15) is 19.1 Å². The summed E-state index contributed by atoms with van der Waals surface area (Å²) >= 11 is 0. The number of hydrogen-bond donors (Lipinski definition) is 3. The standard InChI is InChI=1S/C18H27FN2O3/c1-11(2)8-16(22)21-15-7-6-13(9-14(15)19)17(23)20-10-18(5,24)12(3)4/h6-7,9,11-12,24H,8,10H2,1-5H3,(H,20,23)(H,21,22). The van der Waals surface area contributed by atoms with Gasteiger partial charge in [0.05, 0.1) is 11.3 Å². The molecule has 134 valence electrons. The Morgan fingerprint density at radius 3 is 2.38 bits per heavy atom. The molecule has 1 aromatic carbocycles. The molecule has 6 heteroatoms. The largest absolute Gasteiger partial charge is 0.388 e. The molecule has 0 aromatic heterocycles. The van der Waals surface area contributed by atoms with Crippen LogP contribution in [0.4, 0.5) is 10.1 Å². The Bertz CT molecular complexity index is 598. The fraction of sp³-hybridized carbons (Fsp3) is 0.556. The molecule has 0 saturated heterocycles. The fourth-order valence-corrected chi connectivity index (χ4v) is 1.90. The van der Waals surface area contributed by atoms with Gasteiger partial charge in [0.25, 0.3) is 5.91 Å². The third kappa shape index (κ3) is 5.92. The zero-order chi connectivity index (χ0) is 18.5. The van der Waals surface area contributed by atoms with Crippen molar-refractivity contribution in [2.75, 3.05) is 11.9 Å². The monoisotopic (exact) mass is 338 g/mol. The van der Waals surface area contributed by atoms with Crippen molar-refractivity contribution in [1.82, 2.24) is 5.32 Å². The molecular weight excluding hydrogens is 311 g/mol. The third-order valence-electron chi connectivity index (χ3n) is 3.95. The summed E-state index contributed by atoms with van der Waals surface area (Å²) in [5.74, 6) is -1.28. The van der Waals surface area contributed by atoms with Crippen LogP contribution >= 0.6 is 0 Å². The first-order valence-corrected chi connectivity index (χ1v) is 8.13. The van der Waals surface area contributed by atoms with Gasteiger partial charge >= 0.3 is 0 Å². The van der Waals surface area contributed by atoms with Crippen LogP contribution in [-0.4, -0.2) is 29.1 Å². The van der Waals surface area contributed by atoms with E-state index in [-0.39, 0.29) is 35.5 Å². The van der Waals surface area contributed by atoms with E-state index in [1.54, 1.807) is 6.92 Å². The number of rotatable bonds is 7. The molecule has 0 spiro atoms. The van der Waals surface area contributed by atoms with Crippen LogP contribution < -0.4 is 10.6 Å². The summed E-state index contributed by atoms with van der Waals surface area (Å²) in [5.41, 5.74) is -0.862. The SMILES string of the molecule is CC(C)CC(=O)Nc1ccc(C(=O)NCC(C)(O)C(C)C)cc1F. The van der Waals surface area contributed by atoms with Crippen LogP contribution in [0.1, 0.15) is 51.4 Å². The van der Waals surface area contributed by atoms with Gasteiger partial charge in [-0.15, -0.1) is 0 Å². The number of hydrogen-bond acceptors (Lipinski definition) is 3. The Kier molecular flexibility index (Phi) is 6.90. The number of halogens is 1. The highest BCUT2D eigenvalue weighted by atomic mass is 19.1. The molecule has 1 aromatic rings. The van der Waals surface area contributed by atoms with Crippen molar-refractivity contribution in [2.24, 2.45) is 11.8 Å². The Labute approximate surface area is 142 Å². The van der Waals surface area contributed by atoms with Crippen molar-refractivity contribution < 1.29 is 19.1 Å². The van der Waals surface area contributed by atoms with Crippen LogP contribution in [0.3, 0.4) is 0 Å². The van der Waals surface area contributed by atoms with Crippen LogP contribution in [0.2, 0.25) is 0 Å². The van der Waals surface area contributed by atoms with E-state index in [1.165, 1.54) is 12.1 Å². The molecule has 0 bridgehead atoms. The topological polar surface area (TPSA) is 78.4 Å². The van der Waals surface area contributed by atoms with Crippen LogP contribution in [-0.2, 0) is 4.79 Å². The summed E-state index contributed by atoms with van der Waals surface area (Å²) in [6.07, 6.45) is 0.298. The van der Waals surface area contributed by atoms with Crippen LogP contribution in [0.25, 0.3) is 0 Å². The minimum atomic E-state index is -1.04. The quantitative estimate of drug-likeness (QED) is 0.715. The summed E-state index contributed by atoms with van der Waals surface area (Å²) in [6.45, 7) is 9.19. The second-order valence-corrected chi connectivity index (χ2v) is 7.04. The molecule has 0 aliphatic rings. The van der Waals surface area contributed by atoms with Gasteiger partial charge in [0.2, 0.25) is 5.91 Å². The minimum absolute atomic E-state index is 0.0342. The van der Waals surface area contributed by atoms with Gasteiger partial charge in [-0.3, -0.25) is 9.59 Å². The summed E-state index contributed by atoms with van der Waals surface area (Å²) in [6, 6.07) is 3.88. The fourth-order valence-electron chi connectivity index (χ4n) is 1.90. The van der Waals surface area contributed by atoms with Gasteiger partial charge in [-0.05, 0) is 37.0 Å². The molecule has 1 rings (SSSR count). The maximum atomic E-state index is 14.1. The lowest BCUT2D eigenvalue weighted by molar-refractivity contribution is -0.116. The van der Waals surface area contributed by atoms with Gasteiger partial charge in [-0.2, -0.15) is 0 Å². The number of carbonyl (C=O) groups is 2. The number of anilines is 1. The molecular formula is C18H27FN2O3. The number of aliphatic hydroxyl groups is 1. The summed E-state index contributed by atoms with van der Waals surface area (Å²) in [4.78, 5) is 23.8. The maximum absolute atomic E-state index is 14.1. The third-order valence-corrected chi connectivity index (χ3v) is 3.95. The average molecular weight is 338 g/mol. The smallest absolute Gasteiger partial charge is 0.251 e. The second kappa shape index (κ2) is 8.24. The molecule has 0 aliphatic heterocycles. The van der Waals surface area contributed by atoms with Gasteiger partial charge in [0, 0.05) is 18.5 Å². The molecule has 5 nitrogen and oxygen atoms in total. The van der Waals surface area contributed by atoms with Gasteiger partial charge in [0.15, 0.2) is 0 Å². The summed E-state index contributed by atoms with van der Waals surface area (Å²) in [7, 11) is 0. The van der Waals surface area contributed by atoms with Crippen LogP contribution in [0, 0.1) is 17.7 Å². The molecule has 24 heavy (non-hydrogen) atoms.